The molecule has 6 nitrogen and oxygen atoms in total. The Kier molecular flexibility index (Phi) is 8.01. The van der Waals surface area contributed by atoms with Crippen LogP contribution in [0.15, 0.2) is 60.7 Å². The van der Waals surface area contributed by atoms with Crippen LogP contribution in [0.2, 0.25) is 0 Å². The first kappa shape index (κ1) is 26.0. The third kappa shape index (κ3) is 6.73. The van der Waals surface area contributed by atoms with Gasteiger partial charge in [0.2, 0.25) is 5.91 Å². The first-order chi connectivity index (χ1) is 16.5. The van der Waals surface area contributed by atoms with Gasteiger partial charge in [0, 0.05) is 23.9 Å². The zero-order valence-corrected chi connectivity index (χ0v) is 19.7. The molecule has 2 amide bonds. The van der Waals surface area contributed by atoms with E-state index in [4.69, 9.17) is 16.9 Å². The lowest BCUT2D eigenvalue weighted by Crippen LogP contribution is -2.28. The van der Waals surface area contributed by atoms with Crippen LogP contribution in [-0.4, -0.2) is 26.5 Å². The highest BCUT2D eigenvalue weighted by atomic mass is 35.5. The van der Waals surface area contributed by atoms with Crippen LogP contribution in [0, 0.1) is 6.92 Å². The van der Waals surface area contributed by atoms with Crippen molar-refractivity contribution in [3.8, 4) is 11.3 Å². The number of aryl methyl sites for hydroxylation is 1. The predicted octanol–water partition coefficient (Wildman–Crippen LogP) is 6.13. The van der Waals surface area contributed by atoms with Crippen LogP contribution in [0.25, 0.3) is 11.3 Å². The zero-order chi connectivity index (χ0) is 25.8. The van der Waals surface area contributed by atoms with Crippen molar-refractivity contribution in [1.82, 2.24) is 14.7 Å². The highest BCUT2D eigenvalue weighted by molar-refractivity contribution is 6.19. The Morgan fingerprint density at radius 1 is 1.11 bits per heavy atom. The Labute approximate surface area is 205 Å². The molecule has 2 aromatic carbocycles. The van der Waals surface area contributed by atoms with Crippen LogP contribution in [0.5, 0.6) is 0 Å². The second-order valence-electron chi connectivity index (χ2n) is 8.06. The fraction of sp³-hybridized carbons (Fsp3) is 0.240. The third-order valence-corrected chi connectivity index (χ3v) is 5.68. The largest absolute Gasteiger partial charge is 0.464 e. The van der Waals surface area contributed by atoms with Gasteiger partial charge in [0.25, 0.3) is 0 Å². The van der Waals surface area contributed by atoms with E-state index in [1.54, 1.807) is 49.4 Å². The standard InChI is InChI=1S/C25H23ClF3N3O3/c1-15-4-3-5-19(12-15)22-20(10-11-21(31-22)25(27,28)29)13-30-23(33)16(2)18-8-6-17(7-9-18)14-32(26)24(34)35/h3-12,16H,13-14H2,1-2H3,(H,30,33)(H,34,35). The molecule has 0 saturated heterocycles. The van der Waals surface area contributed by atoms with Crippen molar-refractivity contribution in [1.29, 1.82) is 0 Å². The minimum Gasteiger partial charge on any atom is -0.464 e. The molecule has 0 radical (unpaired) electrons. The number of rotatable bonds is 7. The number of benzene rings is 2. The average Bonchev–Trinajstić information content (AvgIpc) is 2.81. The molecule has 0 bridgehead atoms. The van der Waals surface area contributed by atoms with E-state index < -0.39 is 23.9 Å². The molecule has 0 fully saturated rings. The smallest absolute Gasteiger partial charge is 0.433 e. The molecule has 184 valence electrons. The molecule has 3 aromatic rings. The van der Waals surface area contributed by atoms with E-state index in [9.17, 15) is 22.8 Å². The summed E-state index contributed by atoms with van der Waals surface area (Å²) in [4.78, 5) is 27.5. The maximum absolute atomic E-state index is 13.3. The molecule has 0 spiro atoms. The minimum absolute atomic E-state index is 0.00448. The lowest BCUT2D eigenvalue weighted by Gasteiger charge is -2.16. The van der Waals surface area contributed by atoms with Gasteiger partial charge < -0.3 is 10.4 Å². The summed E-state index contributed by atoms with van der Waals surface area (Å²) in [5.74, 6) is -0.877. The summed E-state index contributed by atoms with van der Waals surface area (Å²) in [6.45, 7) is 3.51. The molecule has 0 aliphatic carbocycles. The van der Waals surface area contributed by atoms with Crippen LogP contribution in [0.4, 0.5) is 18.0 Å². The molecule has 1 unspecified atom stereocenters. The summed E-state index contributed by atoms with van der Waals surface area (Å²) in [5, 5.41) is 11.6. The minimum atomic E-state index is -4.59. The Hall–Kier alpha value is -3.59. The number of hydrogen-bond acceptors (Lipinski definition) is 3. The molecule has 0 saturated carbocycles. The van der Waals surface area contributed by atoms with Crippen LogP contribution in [-0.2, 0) is 24.1 Å². The lowest BCUT2D eigenvalue weighted by atomic mass is 9.98. The topological polar surface area (TPSA) is 82.5 Å². The number of nitrogens with zero attached hydrogens (tertiary/aromatic N) is 2. The van der Waals surface area contributed by atoms with Gasteiger partial charge in [0.05, 0.1) is 18.2 Å². The SMILES string of the molecule is Cc1cccc(-c2nc(C(F)(F)F)ccc2CNC(=O)C(C)c2ccc(CN(Cl)C(=O)O)cc2)c1. The van der Waals surface area contributed by atoms with E-state index in [2.05, 4.69) is 10.3 Å². The van der Waals surface area contributed by atoms with Gasteiger partial charge in [-0.2, -0.15) is 13.2 Å². The van der Waals surface area contributed by atoms with Crippen LogP contribution in [0.1, 0.15) is 40.8 Å². The Morgan fingerprint density at radius 2 is 1.80 bits per heavy atom. The number of hydrogen-bond donors (Lipinski definition) is 2. The normalized spacial score (nSPS) is 12.2. The fourth-order valence-corrected chi connectivity index (χ4v) is 3.60. The van der Waals surface area contributed by atoms with Crippen LogP contribution in [0.3, 0.4) is 0 Å². The average molecular weight is 506 g/mol. The van der Waals surface area contributed by atoms with Crippen molar-refractivity contribution in [3.05, 3.63) is 88.6 Å². The van der Waals surface area contributed by atoms with Crippen molar-refractivity contribution in [2.75, 3.05) is 0 Å². The summed E-state index contributed by atoms with van der Waals surface area (Å²) in [6.07, 6.45) is -5.86. The quantitative estimate of drug-likeness (QED) is 0.378. The Bertz CT molecular complexity index is 1220. The molecule has 10 heteroatoms. The predicted molar refractivity (Wildman–Crippen MR) is 126 cm³/mol. The van der Waals surface area contributed by atoms with Gasteiger partial charge in [-0.05, 0) is 42.7 Å². The van der Waals surface area contributed by atoms with E-state index in [1.165, 1.54) is 6.07 Å². The fourth-order valence-electron chi connectivity index (χ4n) is 3.46. The van der Waals surface area contributed by atoms with E-state index in [-0.39, 0.29) is 24.7 Å². The number of alkyl halides is 3. The number of pyridine rings is 1. The highest BCUT2D eigenvalue weighted by Crippen LogP contribution is 2.31. The summed E-state index contributed by atoms with van der Waals surface area (Å²) in [5.41, 5.74) is 2.34. The summed E-state index contributed by atoms with van der Waals surface area (Å²) in [7, 11) is 0. The third-order valence-electron chi connectivity index (χ3n) is 5.42. The molecule has 1 atom stereocenters. The van der Waals surface area contributed by atoms with Gasteiger partial charge >= 0.3 is 12.3 Å². The monoisotopic (exact) mass is 505 g/mol. The second kappa shape index (κ2) is 10.8. The van der Waals surface area contributed by atoms with E-state index in [0.717, 1.165) is 11.6 Å². The van der Waals surface area contributed by atoms with Crippen LogP contribution < -0.4 is 5.32 Å². The Balaban J connectivity index is 1.76. The molecule has 0 aliphatic rings. The van der Waals surface area contributed by atoms with Crippen molar-refractivity contribution < 1.29 is 27.9 Å². The first-order valence-electron chi connectivity index (χ1n) is 10.6. The van der Waals surface area contributed by atoms with Gasteiger partial charge in [-0.3, -0.25) is 4.79 Å². The van der Waals surface area contributed by atoms with Crippen molar-refractivity contribution in [2.24, 2.45) is 0 Å². The number of carbonyl (C=O) groups is 2. The number of amides is 2. The Morgan fingerprint density at radius 3 is 2.40 bits per heavy atom. The van der Waals surface area contributed by atoms with E-state index in [1.807, 2.05) is 13.0 Å². The van der Waals surface area contributed by atoms with Crippen molar-refractivity contribution in [3.63, 3.8) is 0 Å². The number of aromatic nitrogens is 1. The summed E-state index contributed by atoms with van der Waals surface area (Å²) < 4.78 is 40.4. The number of carboxylic acid groups (broad SMARTS) is 1. The summed E-state index contributed by atoms with van der Waals surface area (Å²) in [6, 6.07) is 16.0. The van der Waals surface area contributed by atoms with Gasteiger partial charge in [-0.15, -0.1) is 0 Å². The summed E-state index contributed by atoms with van der Waals surface area (Å²) >= 11 is 5.60. The first-order valence-corrected chi connectivity index (χ1v) is 11.0. The number of nitrogens with one attached hydrogen (secondary N) is 1. The van der Waals surface area contributed by atoms with Crippen molar-refractivity contribution in [2.45, 2.75) is 39.0 Å². The molecule has 3 rings (SSSR count). The van der Waals surface area contributed by atoms with Gasteiger partial charge in [0.1, 0.15) is 5.69 Å². The molecule has 1 aromatic heterocycles. The molecule has 2 N–H and O–H groups in total. The van der Waals surface area contributed by atoms with Gasteiger partial charge in [0.15, 0.2) is 0 Å². The van der Waals surface area contributed by atoms with Gasteiger partial charge in [-0.25, -0.2) is 14.2 Å². The lowest BCUT2D eigenvalue weighted by molar-refractivity contribution is -0.141. The number of halogens is 4. The van der Waals surface area contributed by atoms with Crippen molar-refractivity contribution >= 4 is 23.8 Å². The zero-order valence-electron chi connectivity index (χ0n) is 18.9. The maximum Gasteiger partial charge on any atom is 0.433 e. The molecule has 0 aliphatic heterocycles. The molecule has 35 heavy (non-hydrogen) atoms. The highest BCUT2D eigenvalue weighted by Gasteiger charge is 2.33. The van der Waals surface area contributed by atoms with Crippen LogP contribution >= 0.6 is 11.8 Å². The van der Waals surface area contributed by atoms with E-state index >= 15 is 0 Å². The number of carbonyl (C=O) groups excluding carboxylic acids is 1. The molecular formula is C25H23ClF3N3O3. The maximum atomic E-state index is 13.3. The molecular weight excluding hydrogens is 483 g/mol. The van der Waals surface area contributed by atoms with Gasteiger partial charge in [-0.1, -0.05) is 54.1 Å². The van der Waals surface area contributed by atoms with E-state index in [0.29, 0.717) is 26.7 Å². The second-order valence-corrected chi connectivity index (χ2v) is 8.46. The molecule has 1 heterocycles.